The molecule has 0 spiro atoms. The van der Waals surface area contributed by atoms with E-state index in [0.29, 0.717) is 0 Å². The van der Waals surface area contributed by atoms with Gasteiger partial charge in [0.05, 0.1) is 7.05 Å². The summed E-state index contributed by atoms with van der Waals surface area (Å²) < 4.78 is 0. The van der Waals surface area contributed by atoms with Crippen molar-refractivity contribution in [2.24, 2.45) is 12.8 Å². The van der Waals surface area contributed by atoms with Gasteiger partial charge < -0.3 is 10.8 Å². The molecule has 0 fully saturated rings. The molecule has 1 heterocycles. The lowest BCUT2D eigenvalue weighted by Crippen LogP contribution is -2.41. The second kappa shape index (κ2) is 2.80. The van der Waals surface area contributed by atoms with Crippen molar-refractivity contribution in [3.8, 4) is 0 Å². The normalized spacial score (nSPS) is 18.8. The first-order valence-corrected chi connectivity index (χ1v) is 3.67. The molecule has 68 valence electrons. The quantitative estimate of drug-likeness (QED) is 0.581. The zero-order chi connectivity index (χ0) is 9.35. The Labute approximate surface area is 70.4 Å². The van der Waals surface area contributed by atoms with E-state index in [-0.39, 0.29) is 5.82 Å². The van der Waals surface area contributed by atoms with Gasteiger partial charge in [-0.3, -0.25) is 0 Å². The van der Waals surface area contributed by atoms with E-state index in [1.165, 1.54) is 4.80 Å². The van der Waals surface area contributed by atoms with Crippen LogP contribution < -0.4 is 5.73 Å². The minimum atomic E-state index is -1.21. The SMILES string of the molecule is CC(N)C(C)(O)c1nnn(C)n1. The van der Waals surface area contributed by atoms with Crippen molar-refractivity contribution in [3.05, 3.63) is 5.82 Å². The molecule has 0 saturated heterocycles. The molecular formula is C6H13N5O. The van der Waals surface area contributed by atoms with Gasteiger partial charge in [0.2, 0.25) is 5.82 Å². The fourth-order valence-electron chi connectivity index (χ4n) is 0.690. The standard InChI is InChI=1S/C6H13N5O/c1-4(7)6(2,12)5-8-10-11(3)9-5/h4,12H,7H2,1-3H3. The van der Waals surface area contributed by atoms with Gasteiger partial charge in [0, 0.05) is 6.04 Å². The highest BCUT2D eigenvalue weighted by Gasteiger charge is 2.32. The van der Waals surface area contributed by atoms with Crippen LogP contribution >= 0.6 is 0 Å². The highest BCUT2D eigenvalue weighted by Crippen LogP contribution is 2.17. The minimum absolute atomic E-state index is 0.250. The Morgan fingerprint density at radius 1 is 1.67 bits per heavy atom. The molecule has 6 heteroatoms. The Balaban J connectivity index is 2.97. The number of aliphatic hydroxyl groups is 1. The molecule has 0 aliphatic carbocycles. The molecule has 0 bridgehead atoms. The van der Waals surface area contributed by atoms with Crippen molar-refractivity contribution >= 4 is 0 Å². The summed E-state index contributed by atoms with van der Waals surface area (Å²) in [5.74, 6) is 0.250. The molecule has 0 aliphatic rings. The molecule has 0 aliphatic heterocycles. The number of nitrogens with zero attached hydrogens (tertiary/aromatic N) is 4. The van der Waals surface area contributed by atoms with Crippen LogP contribution in [-0.4, -0.2) is 31.4 Å². The lowest BCUT2D eigenvalue weighted by molar-refractivity contribution is 0.0256. The zero-order valence-corrected chi connectivity index (χ0v) is 7.39. The monoisotopic (exact) mass is 171 g/mol. The molecule has 0 amide bonds. The molecule has 12 heavy (non-hydrogen) atoms. The first-order valence-electron chi connectivity index (χ1n) is 3.67. The third kappa shape index (κ3) is 1.44. The van der Waals surface area contributed by atoms with Crippen molar-refractivity contribution in [1.82, 2.24) is 20.2 Å². The number of rotatable bonds is 2. The first kappa shape index (κ1) is 9.08. The molecule has 0 saturated carbocycles. The molecule has 2 atom stereocenters. The number of nitrogens with two attached hydrogens (primary N) is 1. The fourth-order valence-corrected chi connectivity index (χ4v) is 0.690. The summed E-state index contributed by atoms with van der Waals surface area (Å²) in [4.78, 5) is 1.28. The lowest BCUT2D eigenvalue weighted by Gasteiger charge is -2.22. The third-order valence-electron chi connectivity index (χ3n) is 1.85. The summed E-state index contributed by atoms with van der Waals surface area (Å²) in [5.41, 5.74) is 4.33. The zero-order valence-electron chi connectivity index (χ0n) is 7.39. The summed E-state index contributed by atoms with van der Waals surface area (Å²) in [7, 11) is 1.63. The Morgan fingerprint density at radius 3 is 2.58 bits per heavy atom. The van der Waals surface area contributed by atoms with E-state index in [9.17, 15) is 5.11 Å². The van der Waals surface area contributed by atoms with E-state index < -0.39 is 11.6 Å². The maximum atomic E-state index is 9.77. The first-order chi connectivity index (χ1) is 5.44. The van der Waals surface area contributed by atoms with Crippen LogP contribution in [0.5, 0.6) is 0 Å². The molecular weight excluding hydrogens is 158 g/mol. The van der Waals surface area contributed by atoms with Crippen molar-refractivity contribution in [3.63, 3.8) is 0 Å². The van der Waals surface area contributed by atoms with Gasteiger partial charge in [-0.2, -0.15) is 4.80 Å². The largest absolute Gasteiger partial charge is 0.380 e. The summed E-state index contributed by atoms with van der Waals surface area (Å²) in [6, 6.07) is -0.429. The van der Waals surface area contributed by atoms with Crippen LogP contribution in [0.3, 0.4) is 0 Å². The second-order valence-corrected chi connectivity index (χ2v) is 3.04. The number of aryl methyl sites for hydroxylation is 1. The van der Waals surface area contributed by atoms with Gasteiger partial charge in [0.15, 0.2) is 0 Å². The third-order valence-corrected chi connectivity index (χ3v) is 1.85. The molecule has 6 nitrogen and oxygen atoms in total. The van der Waals surface area contributed by atoms with E-state index in [0.717, 1.165) is 0 Å². The van der Waals surface area contributed by atoms with Crippen molar-refractivity contribution in [2.75, 3.05) is 0 Å². The van der Waals surface area contributed by atoms with Crippen LogP contribution in [0.2, 0.25) is 0 Å². The molecule has 1 aromatic heterocycles. The topological polar surface area (TPSA) is 89.9 Å². The summed E-state index contributed by atoms with van der Waals surface area (Å²) >= 11 is 0. The maximum absolute atomic E-state index is 9.77. The average Bonchev–Trinajstić information content (AvgIpc) is 2.35. The van der Waals surface area contributed by atoms with E-state index >= 15 is 0 Å². The van der Waals surface area contributed by atoms with Crippen LogP contribution in [0.1, 0.15) is 19.7 Å². The summed E-state index contributed by atoms with van der Waals surface area (Å²) in [6.45, 7) is 3.26. The van der Waals surface area contributed by atoms with Gasteiger partial charge in [0.25, 0.3) is 0 Å². The number of hydrogen-bond acceptors (Lipinski definition) is 5. The van der Waals surface area contributed by atoms with E-state index in [2.05, 4.69) is 15.4 Å². The van der Waals surface area contributed by atoms with E-state index in [1.807, 2.05) is 0 Å². The Hall–Kier alpha value is -1.01. The second-order valence-electron chi connectivity index (χ2n) is 3.04. The molecule has 3 N–H and O–H groups in total. The van der Waals surface area contributed by atoms with E-state index in [4.69, 9.17) is 5.73 Å². The average molecular weight is 171 g/mol. The van der Waals surface area contributed by atoms with Gasteiger partial charge in [-0.05, 0) is 19.1 Å². The van der Waals surface area contributed by atoms with Crippen molar-refractivity contribution < 1.29 is 5.11 Å². The number of hydrogen-bond donors (Lipinski definition) is 2. The van der Waals surface area contributed by atoms with Crippen LogP contribution in [0.15, 0.2) is 0 Å². The van der Waals surface area contributed by atoms with Gasteiger partial charge in [-0.1, -0.05) is 0 Å². The van der Waals surface area contributed by atoms with Crippen LogP contribution in [0, 0.1) is 0 Å². The predicted octanol–water partition coefficient (Wildman–Crippen LogP) is -1.24. The van der Waals surface area contributed by atoms with Crippen LogP contribution in [0.25, 0.3) is 0 Å². The number of aromatic nitrogens is 4. The summed E-state index contributed by atoms with van der Waals surface area (Å²) in [5, 5.41) is 20.9. The van der Waals surface area contributed by atoms with Crippen molar-refractivity contribution in [1.29, 1.82) is 0 Å². The molecule has 1 rings (SSSR count). The number of tetrazole rings is 1. The molecule has 1 aromatic rings. The van der Waals surface area contributed by atoms with Crippen LogP contribution in [-0.2, 0) is 12.6 Å². The maximum Gasteiger partial charge on any atom is 0.207 e. The van der Waals surface area contributed by atoms with Gasteiger partial charge in [-0.15, -0.1) is 10.2 Å². The molecule has 2 unspecified atom stereocenters. The highest BCUT2D eigenvalue weighted by molar-refractivity contribution is 4.99. The van der Waals surface area contributed by atoms with E-state index in [1.54, 1.807) is 20.9 Å². The van der Waals surface area contributed by atoms with Gasteiger partial charge in [0.1, 0.15) is 5.60 Å². The highest BCUT2D eigenvalue weighted by atomic mass is 16.3. The Bertz CT molecular complexity index is 267. The fraction of sp³-hybridized carbons (Fsp3) is 0.833. The Kier molecular flexibility index (Phi) is 2.12. The lowest BCUT2D eigenvalue weighted by atomic mass is 9.98. The van der Waals surface area contributed by atoms with Crippen LogP contribution in [0.4, 0.5) is 0 Å². The smallest absolute Gasteiger partial charge is 0.207 e. The van der Waals surface area contributed by atoms with Crippen molar-refractivity contribution in [2.45, 2.75) is 25.5 Å². The predicted molar refractivity (Wildman–Crippen MR) is 42.0 cm³/mol. The molecule has 0 aromatic carbocycles. The molecule has 0 radical (unpaired) electrons. The Morgan fingerprint density at radius 2 is 2.25 bits per heavy atom. The van der Waals surface area contributed by atoms with Gasteiger partial charge >= 0.3 is 0 Å². The minimum Gasteiger partial charge on any atom is -0.380 e. The summed E-state index contributed by atoms with van der Waals surface area (Å²) in [6.07, 6.45) is 0. The van der Waals surface area contributed by atoms with Gasteiger partial charge in [-0.25, -0.2) is 0 Å².